The third kappa shape index (κ3) is 4.51. The molecule has 0 radical (unpaired) electrons. The molecule has 1 saturated heterocycles. The number of halogens is 1. The van der Waals surface area contributed by atoms with Crippen LogP contribution in [0.25, 0.3) is 0 Å². The molecule has 1 atom stereocenters. The van der Waals surface area contributed by atoms with Crippen LogP contribution in [-0.2, 0) is 12.8 Å². The predicted molar refractivity (Wildman–Crippen MR) is 121 cm³/mol. The van der Waals surface area contributed by atoms with Crippen LogP contribution >= 0.6 is 11.6 Å². The zero-order valence-electron chi connectivity index (χ0n) is 17.8. The van der Waals surface area contributed by atoms with Gasteiger partial charge in [0.25, 0.3) is 0 Å². The average molecular weight is 414 g/mol. The zero-order valence-corrected chi connectivity index (χ0v) is 18.5. The van der Waals surface area contributed by atoms with Gasteiger partial charge in [-0.1, -0.05) is 23.7 Å². The Labute approximate surface area is 179 Å². The number of benzene rings is 1. The summed E-state index contributed by atoms with van der Waals surface area (Å²) in [5.74, 6) is 1.89. The van der Waals surface area contributed by atoms with E-state index in [9.17, 15) is 0 Å². The molecule has 1 fully saturated rings. The number of rotatable bonds is 2. The lowest BCUT2D eigenvalue weighted by Crippen LogP contribution is -2.43. The monoisotopic (exact) mass is 413 g/mol. The van der Waals surface area contributed by atoms with Crippen molar-refractivity contribution in [2.75, 3.05) is 36.8 Å². The van der Waals surface area contributed by atoms with Gasteiger partial charge in [0.15, 0.2) is 0 Å². The highest BCUT2D eigenvalue weighted by Gasteiger charge is 2.29. The van der Waals surface area contributed by atoms with Crippen LogP contribution < -0.4 is 10.6 Å². The molecule has 0 amide bonds. The number of aromatic nitrogens is 2. The van der Waals surface area contributed by atoms with E-state index in [0.29, 0.717) is 11.9 Å². The van der Waals surface area contributed by atoms with Crippen molar-refractivity contribution < 1.29 is 0 Å². The fourth-order valence-corrected chi connectivity index (χ4v) is 4.92. The minimum Gasteiger partial charge on any atom is -0.368 e. The van der Waals surface area contributed by atoms with Gasteiger partial charge in [-0.2, -0.15) is 4.98 Å². The van der Waals surface area contributed by atoms with E-state index in [2.05, 4.69) is 47.7 Å². The van der Waals surface area contributed by atoms with E-state index in [-0.39, 0.29) is 5.54 Å². The molecule has 5 nitrogen and oxygen atoms in total. The van der Waals surface area contributed by atoms with Crippen molar-refractivity contribution in [2.45, 2.75) is 57.9 Å². The standard InChI is InChI=1S/C23H32ClN5/c1-23(2,3)29-11-5-10-28(12-13-29)21-19-9-8-17(15-20(19)26-22(25)27-21)16-6-4-7-18(24)14-16/h4,6-7,14,17H,5,8-13,15H2,1-3H3,(H2,25,26,27). The Balaban J connectivity index is 1.58. The Bertz CT molecular complexity index is 876. The lowest BCUT2D eigenvalue weighted by molar-refractivity contribution is 0.148. The molecule has 29 heavy (non-hydrogen) atoms. The van der Waals surface area contributed by atoms with Crippen molar-refractivity contribution >= 4 is 23.4 Å². The van der Waals surface area contributed by atoms with Crippen LogP contribution in [0.3, 0.4) is 0 Å². The van der Waals surface area contributed by atoms with Crippen LogP contribution in [0.15, 0.2) is 24.3 Å². The average Bonchev–Trinajstić information content (AvgIpc) is 2.93. The summed E-state index contributed by atoms with van der Waals surface area (Å²) < 4.78 is 0. The Hall–Kier alpha value is -1.85. The summed E-state index contributed by atoms with van der Waals surface area (Å²) in [5, 5.41) is 0.796. The van der Waals surface area contributed by atoms with Crippen molar-refractivity contribution in [1.82, 2.24) is 14.9 Å². The zero-order chi connectivity index (χ0) is 20.6. The highest BCUT2D eigenvalue weighted by Crippen LogP contribution is 2.37. The molecule has 1 aromatic carbocycles. The van der Waals surface area contributed by atoms with Crippen LogP contribution in [0.1, 0.15) is 56.4 Å². The number of nitrogens with zero attached hydrogens (tertiary/aromatic N) is 4. The highest BCUT2D eigenvalue weighted by molar-refractivity contribution is 6.30. The van der Waals surface area contributed by atoms with E-state index in [0.717, 1.165) is 68.4 Å². The van der Waals surface area contributed by atoms with Crippen LogP contribution in [0.5, 0.6) is 0 Å². The maximum atomic E-state index is 6.22. The topological polar surface area (TPSA) is 58.3 Å². The second-order valence-electron chi connectivity index (χ2n) is 9.32. The molecule has 0 bridgehead atoms. The van der Waals surface area contributed by atoms with Crippen LogP contribution in [0.4, 0.5) is 11.8 Å². The third-order valence-electron chi connectivity index (χ3n) is 6.33. The minimum absolute atomic E-state index is 0.199. The lowest BCUT2D eigenvalue weighted by atomic mass is 9.82. The SMILES string of the molecule is CC(C)(C)N1CCCN(c2nc(N)nc3c2CCC(c2cccc(Cl)c2)C3)CC1. The summed E-state index contributed by atoms with van der Waals surface area (Å²) in [6, 6.07) is 8.22. The predicted octanol–water partition coefficient (Wildman–Crippen LogP) is 4.30. The van der Waals surface area contributed by atoms with E-state index in [4.69, 9.17) is 22.3 Å². The molecular formula is C23H32ClN5. The number of fused-ring (bicyclic) bond motifs is 1. The summed E-state index contributed by atoms with van der Waals surface area (Å²) in [5.41, 5.74) is 10.0. The molecule has 1 aliphatic heterocycles. The molecule has 6 heteroatoms. The van der Waals surface area contributed by atoms with Gasteiger partial charge in [0.1, 0.15) is 5.82 Å². The van der Waals surface area contributed by atoms with Crippen molar-refractivity contribution in [3.63, 3.8) is 0 Å². The first kappa shape index (κ1) is 20.4. The second-order valence-corrected chi connectivity index (χ2v) is 9.76. The molecule has 2 aliphatic rings. The highest BCUT2D eigenvalue weighted by atomic mass is 35.5. The molecule has 1 aromatic heterocycles. The van der Waals surface area contributed by atoms with Crippen molar-refractivity contribution in [2.24, 2.45) is 0 Å². The van der Waals surface area contributed by atoms with Gasteiger partial charge < -0.3 is 10.6 Å². The normalized spacial score (nSPS) is 21.0. The maximum Gasteiger partial charge on any atom is 0.222 e. The number of hydrogen-bond donors (Lipinski definition) is 1. The van der Waals surface area contributed by atoms with Gasteiger partial charge in [0.2, 0.25) is 5.95 Å². The maximum absolute atomic E-state index is 6.22. The van der Waals surface area contributed by atoms with Crippen molar-refractivity contribution in [3.05, 3.63) is 46.1 Å². The summed E-state index contributed by atoms with van der Waals surface area (Å²) in [7, 11) is 0. The molecule has 2 heterocycles. The Morgan fingerprint density at radius 3 is 2.69 bits per heavy atom. The lowest BCUT2D eigenvalue weighted by Gasteiger charge is -2.35. The van der Waals surface area contributed by atoms with E-state index < -0.39 is 0 Å². The Morgan fingerprint density at radius 2 is 1.93 bits per heavy atom. The first-order valence-corrected chi connectivity index (χ1v) is 11.1. The number of anilines is 2. The van der Waals surface area contributed by atoms with Gasteiger partial charge in [0, 0.05) is 42.3 Å². The van der Waals surface area contributed by atoms with E-state index in [1.54, 1.807) is 0 Å². The largest absolute Gasteiger partial charge is 0.368 e. The quantitative estimate of drug-likeness (QED) is 0.795. The second kappa shape index (κ2) is 8.11. The van der Waals surface area contributed by atoms with Gasteiger partial charge in [-0.05, 0) is 70.1 Å². The molecule has 156 valence electrons. The van der Waals surface area contributed by atoms with Crippen LogP contribution in [-0.4, -0.2) is 46.6 Å². The Kier molecular flexibility index (Phi) is 5.71. The third-order valence-corrected chi connectivity index (χ3v) is 6.57. The molecule has 2 aromatic rings. The molecule has 1 unspecified atom stereocenters. The number of hydrogen-bond acceptors (Lipinski definition) is 5. The first-order valence-electron chi connectivity index (χ1n) is 10.7. The van der Waals surface area contributed by atoms with Gasteiger partial charge >= 0.3 is 0 Å². The van der Waals surface area contributed by atoms with E-state index >= 15 is 0 Å². The number of nitrogen functional groups attached to an aromatic ring is 1. The summed E-state index contributed by atoms with van der Waals surface area (Å²) in [4.78, 5) is 14.3. The fourth-order valence-electron chi connectivity index (χ4n) is 4.72. The fraction of sp³-hybridized carbons (Fsp3) is 0.565. The van der Waals surface area contributed by atoms with Crippen LogP contribution in [0, 0.1) is 0 Å². The van der Waals surface area contributed by atoms with Gasteiger partial charge in [-0.15, -0.1) is 0 Å². The minimum atomic E-state index is 0.199. The molecule has 2 N–H and O–H groups in total. The first-order chi connectivity index (χ1) is 13.8. The number of nitrogens with two attached hydrogens (primary N) is 1. The van der Waals surface area contributed by atoms with Gasteiger partial charge in [-0.25, -0.2) is 4.98 Å². The summed E-state index contributed by atoms with van der Waals surface area (Å²) in [6.07, 6.45) is 4.12. The summed E-state index contributed by atoms with van der Waals surface area (Å²) in [6.45, 7) is 11.1. The molecule has 4 rings (SSSR count). The molecule has 1 aliphatic carbocycles. The van der Waals surface area contributed by atoms with Gasteiger partial charge in [0.05, 0.1) is 5.69 Å². The molecule has 0 spiro atoms. The smallest absolute Gasteiger partial charge is 0.222 e. The van der Waals surface area contributed by atoms with Crippen molar-refractivity contribution in [1.29, 1.82) is 0 Å². The Morgan fingerprint density at radius 1 is 1.10 bits per heavy atom. The van der Waals surface area contributed by atoms with Crippen LogP contribution in [0.2, 0.25) is 5.02 Å². The summed E-state index contributed by atoms with van der Waals surface area (Å²) >= 11 is 6.22. The molecular weight excluding hydrogens is 382 g/mol. The van der Waals surface area contributed by atoms with Gasteiger partial charge in [-0.3, -0.25) is 4.90 Å². The van der Waals surface area contributed by atoms with Crippen molar-refractivity contribution in [3.8, 4) is 0 Å². The van der Waals surface area contributed by atoms with E-state index in [1.807, 2.05) is 12.1 Å². The molecule has 0 saturated carbocycles. The van der Waals surface area contributed by atoms with E-state index in [1.165, 1.54) is 11.1 Å².